The number of ether oxygens (including phenoxy) is 2. The molecule has 5 aliphatic carbocycles. The van der Waals surface area contributed by atoms with Crippen molar-refractivity contribution in [2.24, 2.45) is 56.7 Å². The van der Waals surface area contributed by atoms with E-state index in [1.165, 1.54) is 24.3 Å². The molecule has 1 heterocycles. The monoisotopic (exact) mass is 610 g/mol. The summed E-state index contributed by atoms with van der Waals surface area (Å²) in [5.74, 6) is -0.309. The molecule has 0 amide bonds. The van der Waals surface area contributed by atoms with E-state index < -0.39 is 28.8 Å². The highest BCUT2D eigenvalue weighted by Gasteiger charge is 2.74. The Morgan fingerprint density at radius 3 is 2.23 bits per heavy atom. The van der Waals surface area contributed by atoms with E-state index in [0.717, 1.165) is 51.4 Å². The molecular weight excluding hydrogens is 559 g/mol. The van der Waals surface area contributed by atoms with E-state index in [9.17, 15) is 24.2 Å². The Hall–Kier alpha value is -1.99. The molecule has 1 aromatic rings. The highest BCUT2D eigenvalue weighted by molar-refractivity contribution is 5.89. The van der Waals surface area contributed by atoms with Crippen LogP contribution in [0.3, 0.4) is 0 Å². The van der Waals surface area contributed by atoms with Gasteiger partial charge >= 0.3 is 11.9 Å². The number of hydrogen-bond acceptors (Lipinski definition) is 5. The zero-order valence-corrected chi connectivity index (χ0v) is 27.2. The number of fused-ring (bicyclic) bond motifs is 7. The number of epoxide rings is 1. The van der Waals surface area contributed by atoms with Crippen LogP contribution in [0.5, 0.6) is 0 Å². The van der Waals surface area contributed by atoms with Crippen molar-refractivity contribution in [3.8, 4) is 0 Å². The zero-order valence-electron chi connectivity index (χ0n) is 27.2. The third-order valence-corrected chi connectivity index (χ3v) is 15.6. The predicted octanol–water partition coefficient (Wildman–Crippen LogP) is 7.28. The van der Waals surface area contributed by atoms with E-state index in [1.54, 1.807) is 0 Å². The summed E-state index contributed by atoms with van der Waals surface area (Å²) in [5.41, 5.74) is -0.977. The maximum Gasteiger partial charge on any atom is 0.338 e. The molecule has 1 aromatic carbocycles. The Labute approximate surface area is 261 Å². The van der Waals surface area contributed by atoms with Crippen LogP contribution in [-0.4, -0.2) is 47.1 Å². The minimum absolute atomic E-state index is 0.00280. The lowest BCUT2D eigenvalue weighted by Gasteiger charge is -2.72. The van der Waals surface area contributed by atoms with E-state index in [0.29, 0.717) is 36.8 Å². The van der Waals surface area contributed by atoms with Crippen LogP contribution in [0.1, 0.15) is 109 Å². The molecule has 7 rings (SSSR count). The molecule has 6 fully saturated rings. The first kappa shape index (κ1) is 30.7. The van der Waals surface area contributed by atoms with Crippen LogP contribution in [0.4, 0.5) is 4.39 Å². The third kappa shape index (κ3) is 3.96. The van der Waals surface area contributed by atoms with Gasteiger partial charge in [-0.15, -0.1) is 0 Å². The Kier molecular flexibility index (Phi) is 6.80. The molecule has 1 saturated heterocycles. The van der Waals surface area contributed by atoms with Crippen LogP contribution < -0.4 is 0 Å². The second kappa shape index (κ2) is 9.76. The van der Waals surface area contributed by atoms with Crippen LogP contribution >= 0.6 is 0 Å². The number of carboxylic acids is 1. The normalized spacial score (nSPS) is 48.7. The first-order chi connectivity index (χ1) is 20.6. The van der Waals surface area contributed by atoms with Gasteiger partial charge < -0.3 is 19.7 Å². The van der Waals surface area contributed by atoms with Crippen LogP contribution in [0.2, 0.25) is 0 Å². The summed E-state index contributed by atoms with van der Waals surface area (Å²) in [7, 11) is 0. The molecule has 5 saturated carbocycles. The number of carbonyl (C=O) groups excluding carboxylic acids is 1. The number of carbonyl (C=O) groups is 2. The van der Waals surface area contributed by atoms with Crippen LogP contribution in [-0.2, 0) is 14.3 Å². The standard InChI is InChI=1S/C37H51FO6/c1-32(2)26-13-16-35(5)27(33(26,3)15-14-28(32)39)11-10-24-29-25(12-17-36(29,31(41)42)19-18-34(24,35)4)37(21-44-37)20-43-30(40)22-6-8-23(38)9-7-22/h6-9,24-29,39H,10-21H2,1-5H3,(H,41,42)/t24?,25-,26+,27-,28-,29-,33+,34-,35-,36+,37?/m1/s1. The molecule has 1 aliphatic heterocycles. The van der Waals surface area contributed by atoms with Gasteiger partial charge in [0.15, 0.2) is 0 Å². The summed E-state index contributed by atoms with van der Waals surface area (Å²) >= 11 is 0. The Bertz CT molecular complexity index is 1340. The van der Waals surface area contributed by atoms with Crippen molar-refractivity contribution in [1.29, 1.82) is 0 Å². The van der Waals surface area contributed by atoms with Gasteiger partial charge in [-0.2, -0.15) is 0 Å². The van der Waals surface area contributed by atoms with Gasteiger partial charge in [0.1, 0.15) is 18.0 Å². The average Bonchev–Trinajstić information content (AvgIpc) is 3.65. The molecule has 2 unspecified atom stereocenters. The number of benzene rings is 1. The molecule has 44 heavy (non-hydrogen) atoms. The van der Waals surface area contributed by atoms with Gasteiger partial charge in [0.05, 0.1) is 23.7 Å². The molecule has 6 nitrogen and oxygen atoms in total. The highest BCUT2D eigenvalue weighted by Crippen LogP contribution is 2.78. The van der Waals surface area contributed by atoms with Crippen molar-refractivity contribution in [1.82, 2.24) is 0 Å². The minimum atomic E-state index is -0.768. The molecule has 0 spiro atoms. The van der Waals surface area contributed by atoms with Crippen molar-refractivity contribution < 1.29 is 33.7 Å². The summed E-state index contributed by atoms with van der Waals surface area (Å²) in [6.45, 7) is 12.7. The van der Waals surface area contributed by atoms with Gasteiger partial charge in [-0.25, -0.2) is 9.18 Å². The smallest absolute Gasteiger partial charge is 0.338 e. The van der Waals surface area contributed by atoms with Gasteiger partial charge in [0.2, 0.25) is 0 Å². The van der Waals surface area contributed by atoms with E-state index in [4.69, 9.17) is 9.47 Å². The lowest BCUT2D eigenvalue weighted by molar-refractivity contribution is -0.250. The number of rotatable bonds is 5. The summed E-state index contributed by atoms with van der Waals surface area (Å²) in [5, 5.41) is 21.9. The van der Waals surface area contributed by atoms with Crippen molar-refractivity contribution in [2.45, 2.75) is 111 Å². The molecule has 11 atom stereocenters. The molecule has 0 bridgehead atoms. The van der Waals surface area contributed by atoms with Crippen molar-refractivity contribution in [3.05, 3.63) is 35.6 Å². The second-order valence-electron chi connectivity index (χ2n) is 17.1. The summed E-state index contributed by atoms with van der Waals surface area (Å²) in [6.07, 6.45) is 9.04. The molecule has 2 N–H and O–H groups in total. The predicted molar refractivity (Wildman–Crippen MR) is 163 cm³/mol. The van der Waals surface area contributed by atoms with Crippen LogP contribution in [0, 0.1) is 62.5 Å². The van der Waals surface area contributed by atoms with Gasteiger partial charge in [-0.05, 0) is 140 Å². The fraction of sp³-hybridized carbons (Fsp3) is 0.784. The van der Waals surface area contributed by atoms with E-state index in [-0.39, 0.29) is 52.1 Å². The van der Waals surface area contributed by atoms with E-state index in [2.05, 4.69) is 34.6 Å². The maximum atomic E-state index is 13.4. The number of aliphatic hydroxyl groups excluding tert-OH is 1. The maximum absolute atomic E-state index is 13.4. The number of hydrogen-bond donors (Lipinski definition) is 2. The summed E-state index contributed by atoms with van der Waals surface area (Å²) < 4.78 is 25.4. The van der Waals surface area contributed by atoms with Crippen molar-refractivity contribution >= 4 is 11.9 Å². The van der Waals surface area contributed by atoms with Gasteiger partial charge in [0.25, 0.3) is 0 Å². The number of halogens is 1. The molecule has 242 valence electrons. The van der Waals surface area contributed by atoms with Gasteiger partial charge in [-0.3, -0.25) is 4.79 Å². The van der Waals surface area contributed by atoms with Crippen molar-refractivity contribution in [2.75, 3.05) is 13.2 Å². The SMILES string of the molecule is CC1(C)[C@H](O)CC[C@]2(C)[C@H]3CCC4[C@@H]5[C@H](C6(COC(=O)c7ccc(F)cc7)CO6)CC[C@]5(C(=O)O)CC[C@@]4(C)[C@]3(C)CC[C@@H]12. The van der Waals surface area contributed by atoms with Crippen LogP contribution in [0.25, 0.3) is 0 Å². The fourth-order valence-electron chi connectivity index (χ4n) is 12.9. The quantitative estimate of drug-likeness (QED) is 0.269. The Balaban J connectivity index is 1.19. The minimum Gasteiger partial charge on any atom is -0.481 e. The first-order valence-electron chi connectivity index (χ1n) is 17.1. The topological polar surface area (TPSA) is 96.4 Å². The number of esters is 1. The Morgan fingerprint density at radius 1 is 0.864 bits per heavy atom. The third-order valence-electron chi connectivity index (χ3n) is 15.6. The molecule has 0 aromatic heterocycles. The van der Waals surface area contributed by atoms with Gasteiger partial charge in [0, 0.05) is 0 Å². The van der Waals surface area contributed by atoms with Crippen molar-refractivity contribution in [3.63, 3.8) is 0 Å². The summed E-state index contributed by atoms with van der Waals surface area (Å²) in [4.78, 5) is 26.1. The van der Waals surface area contributed by atoms with Crippen LogP contribution in [0.15, 0.2) is 24.3 Å². The number of carboxylic acid groups (broad SMARTS) is 1. The van der Waals surface area contributed by atoms with Gasteiger partial charge in [-0.1, -0.05) is 34.6 Å². The number of aliphatic hydroxyl groups is 1. The van der Waals surface area contributed by atoms with E-state index >= 15 is 0 Å². The molecule has 6 aliphatic rings. The second-order valence-corrected chi connectivity index (χ2v) is 17.1. The lowest BCUT2D eigenvalue weighted by atomic mass is 9.32. The molecule has 7 heteroatoms. The average molecular weight is 611 g/mol. The molecule has 0 radical (unpaired) electrons. The highest BCUT2D eigenvalue weighted by atomic mass is 19.1. The summed E-state index contributed by atoms with van der Waals surface area (Å²) in [6, 6.07) is 5.36. The first-order valence-corrected chi connectivity index (χ1v) is 17.1. The Morgan fingerprint density at radius 2 is 1.57 bits per heavy atom. The number of aliphatic carboxylic acids is 1. The largest absolute Gasteiger partial charge is 0.481 e. The molecular formula is C37H51FO6. The lowest BCUT2D eigenvalue weighted by Crippen LogP contribution is -2.67. The van der Waals surface area contributed by atoms with E-state index in [1.807, 2.05) is 0 Å². The fourth-order valence-corrected chi connectivity index (χ4v) is 12.9. The zero-order chi connectivity index (χ0) is 31.5.